The van der Waals surface area contributed by atoms with Crippen LogP contribution in [0.15, 0.2) is 23.3 Å². The molecule has 0 aromatic heterocycles. The molecule has 0 radical (unpaired) electrons. The van der Waals surface area contributed by atoms with Crippen LogP contribution in [-0.2, 0) is 9.59 Å². The zero-order valence-electron chi connectivity index (χ0n) is 10.1. The SMILES string of the molecule is O=C1CCC(C(=O)Nc2ccc(F)cc2C(=O)O)=NN1. The molecule has 0 saturated heterocycles. The van der Waals surface area contributed by atoms with Crippen LogP contribution in [0.4, 0.5) is 10.1 Å². The molecule has 2 rings (SSSR count). The van der Waals surface area contributed by atoms with Gasteiger partial charge in [0.05, 0.1) is 11.3 Å². The lowest BCUT2D eigenvalue weighted by atomic mass is 10.1. The predicted molar refractivity (Wildman–Crippen MR) is 66.8 cm³/mol. The number of hydrazone groups is 1. The van der Waals surface area contributed by atoms with Crippen molar-refractivity contribution in [2.45, 2.75) is 12.8 Å². The highest BCUT2D eigenvalue weighted by molar-refractivity contribution is 6.43. The Hall–Kier alpha value is -2.77. The minimum Gasteiger partial charge on any atom is -0.478 e. The molecule has 0 bridgehead atoms. The van der Waals surface area contributed by atoms with Crippen molar-refractivity contribution in [3.63, 3.8) is 0 Å². The molecule has 20 heavy (non-hydrogen) atoms. The summed E-state index contributed by atoms with van der Waals surface area (Å²) >= 11 is 0. The second-order valence-electron chi connectivity index (χ2n) is 4.04. The van der Waals surface area contributed by atoms with Crippen molar-refractivity contribution in [1.29, 1.82) is 0 Å². The van der Waals surface area contributed by atoms with E-state index < -0.39 is 17.7 Å². The van der Waals surface area contributed by atoms with Gasteiger partial charge >= 0.3 is 5.97 Å². The molecule has 7 nitrogen and oxygen atoms in total. The molecule has 1 heterocycles. The Kier molecular flexibility index (Phi) is 3.74. The van der Waals surface area contributed by atoms with Gasteiger partial charge in [-0.05, 0) is 18.2 Å². The van der Waals surface area contributed by atoms with Crippen molar-refractivity contribution in [3.05, 3.63) is 29.6 Å². The van der Waals surface area contributed by atoms with E-state index in [1.807, 2.05) is 0 Å². The van der Waals surface area contributed by atoms with Crippen LogP contribution in [0.25, 0.3) is 0 Å². The fraction of sp³-hybridized carbons (Fsp3) is 0.167. The van der Waals surface area contributed by atoms with E-state index in [2.05, 4.69) is 15.8 Å². The molecule has 0 fully saturated rings. The number of anilines is 1. The molecule has 1 aromatic carbocycles. The summed E-state index contributed by atoms with van der Waals surface area (Å²) in [6.45, 7) is 0. The van der Waals surface area contributed by atoms with Crippen LogP contribution in [0, 0.1) is 5.82 Å². The van der Waals surface area contributed by atoms with E-state index in [9.17, 15) is 18.8 Å². The summed E-state index contributed by atoms with van der Waals surface area (Å²) in [5, 5.41) is 14.9. The second kappa shape index (κ2) is 5.47. The lowest BCUT2D eigenvalue weighted by Crippen LogP contribution is -2.33. The largest absolute Gasteiger partial charge is 0.478 e. The highest BCUT2D eigenvalue weighted by Crippen LogP contribution is 2.17. The lowest BCUT2D eigenvalue weighted by Gasteiger charge is -2.13. The van der Waals surface area contributed by atoms with Crippen LogP contribution in [0.2, 0.25) is 0 Å². The van der Waals surface area contributed by atoms with Crippen LogP contribution >= 0.6 is 0 Å². The van der Waals surface area contributed by atoms with Gasteiger partial charge in [-0.15, -0.1) is 0 Å². The molecular formula is C12H10FN3O4. The van der Waals surface area contributed by atoms with E-state index in [-0.39, 0.29) is 35.7 Å². The first-order valence-electron chi connectivity index (χ1n) is 5.67. The summed E-state index contributed by atoms with van der Waals surface area (Å²) in [5.41, 5.74) is 1.83. The number of rotatable bonds is 3. The first kappa shape index (κ1) is 13.7. The quantitative estimate of drug-likeness (QED) is 0.757. The van der Waals surface area contributed by atoms with Gasteiger partial charge in [0.2, 0.25) is 5.91 Å². The van der Waals surface area contributed by atoms with Crippen molar-refractivity contribution in [2.24, 2.45) is 5.10 Å². The maximum Gasteiger partial charge on any atom is 0.337 e. The van der Waals surface area contributed by atoms with Crippen molar-refractivity contribution < 1.29 is 23.9 Å². The monoisotopic (exact) mass is 279 g/mol. The number of halogens is 1. The summed E-state index contributed by atoms with van der Waals surface area (Å²) in [5.74, 6) is -3.02. The number of nitrogens with one attached hydrogen (secondary N) is 2. The van der Waals surface area contributed by atoms with Gasteiger partial charge in [0.1, 0.15) is 11.5 Å². The van der Waals surface area contributed by atoms with Gasteiger partial charge in [-0.25, -0.2) is 14.6 Å². The Morgan fingerprint density at radius 1 is 1.35 bits per heavy atom. The van der Waals surface area contributed by atoms with E-state index in [4.69, 9.17) is 5.11 Å². The zero-order chi connectivity index (χ0) is 14.7. The maximum atomic E-state index is 13.0. The van der Waals surface area contributed by atoms with Gasteiger partial charge in [0.15, 0.2) is 0 Å². The first-order valence-corrected chi connectivity index (χ1v) is 5.67. The van der Waals surface area contributed by atoms with Crippen LogP contribution in [0.5, 0.6) is 0 Å². The number of carbonyl (C=O) groups excluding carboxylic acids is 2. The van der Waals surface area contributed by atoms with Crippen LogP contribution < -0.4 is 10.7 Å². The zero-order valence-corrected chi connectivity index (χ0v) is 10.1. The molecule has 1 aliphatic rings. The number of amides is 2. The van der Waals surface area contributed by atoms with E-state index in [0.29, 0.717) is 0 Å². The molecule has 0 saturated carbocycles. The first-order chi connectivity index (χ1) is 9.47. The summed E-state index contributed by atoms with van der Waals surface area (Å²) in [6, 6.07) is 2.99. The molecule has 1 aromatic rings. The number of carbonyl (C=O) groups is 3. The topological polar surface area (TPSA) is 108 Å². The normalized spacial score (nSPS) is 14.2. The number of carboxylic acid groups (broad SMARTS) is 1. The Morgan fingerprint density at radius 3 is 2.70 bits per heavy atom. The average Bonchev–Trinajstić information content (AvgIpc) is 2.41. The second-order valence-corrected chi connectivity index (χ2v) is 4.04. The number of hydrogen-bond acceptors (Lipinski definition) is 4. The smallest absolute Gasteiger partial charge is 0.337 e. The highest BCUT2D eigenvalue weighted by Gasteiger charge is 2.20. The van der Waals surface area contributed by atoms with E-state index >= 15 is 0 Å². The number of aromatic carboxylic acids is 1. The summed E-state index contributed by atoms with van der Waals surface area (Å²) in [6.07, 6.45) is 0.280. The number of benzene rings is 1. The van der Waals surface area contributed by atoms with Crippen LogP contribution in [0.3, 0.4) is 0 Å². The third-order valence-corrected chi connectivity index (χ3v) is 2.63. The molecule has 0 aliphatic carbocycles. The molecule has 0 spiro atoms. The van der Waals surface area contributed by atoms with E-state index in [1.165, 1.54) is 0 Å². The average molecular weight is 279 g/mol. The van der Waals surface area contributed by atoms with Gasteiger partial charge in [-0.2, -0.15) is 5.10 Å². The van der Waals surface area contributed by atoms with Gasteiger partial charge in [0, 0.05) is 12.8 Å². The molecular weight excluding hydrogens is 269 g/mol. The van der Waals surface area contributed by atoms with Crippen molar-refractivity contribution in [3.8, 4) is 0 Å². The molecule has 0 atom stereocenters. The van der Waals surface area contributed by atoms with Crippen LogP contribution in [0.1, 0.15) is 23.2 Å². The standard InChI is InChI=1S/C12H10FN3O4/c13-6-1-2-8(7(5-6)12(19)20)14-11(18)9-3-4-10(17)16-15-9/h1-2,5H,3-4H2,(H,14,18)(H,16,17)(H,19,20). The molecule has 2 amide bonds. The minimum atomic E-state index is -1.36. The molecule has 0 unspecified atom stereocenters. The van der Waals surface area contributed by atoms with Crippen LogP contribution in [-0.4, -0.2) is 28.6 Å². The molecule has 104 valence electrons. The van der Waals surface area contributed by atoms with Gasteiger partial charge in [0.25, 0.3) is 5.91 Å². The Morgan fingerprint density at radius 2 is 2.10 bits per heavy atom. The number of hydrogen-bond donors (Lipinski definition) is 3. The van der Waals surface area contributed by atoms with Gasteiger partial charge < -0.3 is 10.4 Å². The minimum absolute atomic E-state index is 0.0384. The lowest BCUT2D eigenvalue weighted by molar-refractivity contribution is -0.121. The Balaban J connectivity index is 2.20. The maximum absolute atomic E-state index is 13.0. The Labute approximate surface area is 112 Å². The van der Waals surface area contributed by atoms with Gasteiger partial charge in [-0.3, -0.25) is 9.59 Å². The third kappa shape index (κ3) is 2.97. The van der Waals surface area contributed by atoms with E-state index in [1.54, 1.807) is 0 Å². The molecule has 3 N–H and O–H groups in total. The van der Waals surface area contributed by atoms with Crippen molar-refractivity contribution in [2.75, 3.05) is 5.32 Å². The third-order valence-electron chi connectivity index (χ3n) is 2.63. The van der Waals surface area contributed by atoms with E-state index in [0.717, 1.165) is 18.2 Å². The summed E-state index contributed by atoms with van der Waals surface area (Å²) in [7, 11) is 0. The highest BCUT2D eigenvalue weighted by atomic mass is 19.1. The van der Waals surface area contributed by atoms with Crippen molar-refractivity contribution in [1.82, 2.24) is 5.43 Å². The summed E-state index contributed by atoms with van der Waals surface area (Å²) < 4.78 is 13.0. The fourth-order valence-corrected chi connectivity index (χ4v) is 1.63. The molecule has 8 heteroatoms. The number of nitrogens with zero attached hydrogens (tertiary/aromatic N) is 1. The van der Waals surface area contributed by atoms with Gasteiger partial charge in [-0.1, -0.05) is 0 Å². The summed E-state index contributed by atoms with van der Waals surface area (Å²) in [4.78, 5) is 33.7. The Bertz CT molecular complexity index is 627. The predicted octanol–water partition coefficient (Wildman–Crippen LogP) is 0.728. The fourth-order valence-electron chi connectivity index (χ4n) is 1.63. The molecule has 1 aliphatic heterocycles. The number of carboxylic acids is 1. The van der Waals surface area contributed by atoms with Crippen molar-refractivity contribution >= 4 is 29.2 Å².